The summed E-state index contributed by atoms with van der Waals surface area (Å²) in [6, 6.07) is 3.62. The molecule has 2 amide bonds. The van der Waals surface area contributed by atoms with Crippen molar-refractivity contribution >= 4 is 29.2 Å². The van der Waals surface area contributed by atoms with Gasteiger partial charge in [-0.1, -0.05) is 35.3 Å². The molecule has 1 aliphatic heterocycles. The van der Waals surface area contributed by atoms with E-state index in [9.17, 15) is 4.79 Å². The molecule has 2 heterocycles. The van der Waals surface area contributed by atoms with Crippen LogP contribution in [0.15, 0.2) is 24.5 Å². The van der Waals surface area contributed by atoms with Crippen LogP contribution < -0.4 is 5.32 Å². The van der Waals surface area contributed by atoms with E-state index >= 15 is 0 Å². The number of piperidine rings is 1. The zero-order valence-electron chi connectivity index (χ0n) is 17.2. The molecule has 0 unspecified atom stereocenters. The van der Waals surface area contributed by atoms with Crippen molar-refractivity contribution in [3.63, 3.8) is 0 Å². The third-order valence-electron chi connectivity index (χ3n) is 5.51. The highest BCUT2D eigenvalue weighted by molar-refractivity contribution is 6.44. The molecule has 0 radical (unpaired) electrons. The van der Waals surface area contributed by atoms with Gasteiger partial charge in [-0.15, -0.1) is 0 Å². The van der Waals surface area contributed by atoms with Gasteiger partial charge in [-0.25, -0.2) is 9.78 Å². The first-order valence-electron chi connectivity index (χ1n) is 9.76. The molecule has 1 N–H and O–H groups in total. The molecule has 0 aliphatic carbocycles. The van der Waals surface area contributed by atoms with Gasteiger partial charge in [0.2, 0.25) is 0 Å². The van der Waals surface area contributed by atoms with E-state index in [1.807, 2.05) is 33.0 Å². The predicted molar refractivity (Wildman–Crippen MR) is 117 cm³/mol. The summed E-state index contributed by atoms with van der Waals surface area (Å²) in [6.45, 7) is 5.79. The quantitative estimate of drug-likeness (QED) is 0.764. The Morgan fingerprint density at radius 1 is 1.24 bits per heavy atom. The molecular formula is C21H27Cl2N5O. The second-order valence-electron chi connectivity index (χ2n) is 7.69. The number of benzene rings is 1. The van der Waals surface area contributed by atoms with Crippen molar-refractivity contribution in [2.75, 3.05) is 27.2 Å². The highest BCUT2D eigenvalue weighted by Crippen LogP contribution is 2.37. The number of carbonyl (C=O) groups is 1. The number of aromatic nitrogens is 2. The van der Waals surface area contributed by atoms with Crippen LogP contribution in [-0.4, -0.2) is 59.0 Å². The van der Waals surface area contributed by atoms with Crippen molar-refractivity contribution in [1.82, 2.24) is 25.1 Å². The fourth-order valence-electron chi connectivity index (χ4n) is 3.60. The lowest BCUT2D eigenvalue weighted by Crippen LogP contribution is -2.48. The minimum atomic E-state index is -0.279. The molecule has 1 aromatic carbocycles. The molecule has 1 fully saturated rings. The Balaban J connectivity index is 1.73. The Kier molecular flexibility index (Phi) is 6.98. The summed E-state index contributed by atoms with van der Waals surface area (Å²) in [4.78, 5) is 25.5. The maximum absolute atomic E-state index is 12.7. The van der Waals surface area contributed by atoms with Crippen molar-refractivity contribution in [1.29, 1.82) is 0 Å². The molecular weight excluding hydrogens is 409 g/mol. The highest BCUT2D eigenvalue weighted by Gasteiger charge is 2.25. The van der Waals surface area contributed by atoms with Gasteiger partial charge < -0.3 is 15.1 Å². The van der Waals surface area contributed by atoms with Crippen LogP contribution in [0.5, 0.6) is 0 Å². The third-order valence-corrected chi connectivity index (χ3v) is 6.40. The Morgan fingerprint density at radius 3 is 2.59 bits per heavy atom. The van der Waals surface area contributed by atoms with Gasteiger partial charge in [-0.2, -0.15) is 0 Å². The number of aryl methyl sites for hydroxylation is 1. The van der Waals surface area contributed by atoms with Crippen LogP contribution in [0.4, 0.5) is 4.79 Å². The number of urea groups is 1. The molecule has 0 saturated carbocycles. The second-order valence-corrected chi connectivity index (χ2v) is 8.45. The van der Waals surface area contributed by atoms with Crippen LogP contribution in [0, 0.1) is 6.92 Å². The van der Waals surface area contributed by atoms with Crippen molar-refractivity contribution in [2.24, 2.45) is 0 Å². The van der Waals surface area contributed by atoms with Gasteiger partial charge in [0.05, 0.1) is 33.7 Å². The first-order chi connectivity index (χ1) is 13.8. The third kappa shape index (κ3) is 5.00. The van der Waals surface area contributed by atoms with E-state index in [-0.39, 0.29) is 18.1 Å². The highest BCUT2D eigenvalue weighted by atomic mass is 35.5. The Labute approximate surface area is 182 Å². The zero-order chi connectivity index (χ0) is 21.1. The summed E-state index contributed by atoms with van der Waals surface area (Å²) in [6.07, 6.45) is 5.30. The van der Waals surface area contributed by atoms with Gasteiger partial charge >= 0.3 is 6.03 Å². The molecule has 1 saturated heterocycles. The maximum Gasteiger partial charge on any atom is 0.317 e. The van der Waals surface area contributed by atoms with E-state index in [0.717, 1.165) is 42.8 Å². The van der Waals surface area contributed by atoms with Crippen molar-refractivity contribution in [2.45, 2.75) is 38.8 Å². The SMILES string of the molecule is Cc1cncc(-c2ccc([C@H](C)NC(=O)N(C)C3CCN(C)CC3)c(Cl)c2Cl)n1. The van der Waals surface area contributed by atoms with Crippen molar-refractivity contribution < 1.29 is 4.79 Å². The zero-order valence-corrected chi connectivity index (χ0v) is 18.8. The summed E-state index contributed by atoms with van der Waals surface area (Å²) in [7, 11) is 3.96. The lowest BCUT2D eigenvalue weighted by molar-refractivity contribution is 0.146. The van der Waals surface area contributed by atoms with Crippen LogP contribution >= 0.6 is 23.2 Å². The molecule has 0 bridgehead atoms. The number of nitrogens with zero attached hydrogens (tertiary/aromatic N) is 4. The maximum atomic E-state index is 12.7. The number of hydrogen-bond donors (Lipinski definition) is 1. The number of likely N-dealkylation sites (tertiary alicyclic amines) is 1. The minimum absolute atomic E-state index is 0.104. The van der Waals surface area contributed by atoms with E-state index < -0.39 is 0 Å². The topological polar surface area (TPSA) is 61.4 Å². The van der Waals surface area contributed by atoms with Crippen molar-refractivity contribution in [3.8, 4) is 11.3 Å². The molecule has 6 nitrogen and oxygen atoms in total. The monoisotopic (exact) mass is 435 g/mol. The van der Waals surface area contributed by atoms with Crippen LogP contribution in [0.1, 0.15) is 37.1 Å². The van der Waals surface area contributed by atoms with Crippen LogP contribution in [0.3, 0.4) is 0 Å². The summed E-state index contributed by atoms with van der Waals surface area (Å²) in [5.41, 5.74) is 2.96. The largest absolute Gasteiger partial charge is 0.331 e. The van der Waals surface area contributed by atoms with Gasteiger partial charge in [0.25, 0.3) is 0 Å². The van der Waals surface area contributed by atoms with Gasteiger partial charge in [0.1, 0.15) is 0 Å². The molecule has 1 aliphatic rings. The average Bonchev–Trinajstić information content (AvgIpc) is 2.69. The molecule has 156 valence electrons. The van der Waals surface area contributed by atoms with Crippen LogP contribution in [0.25, 0.3) is 11.3 Å². The number of hydrogen-bond acceptors (Lipinski definition) is 4. The average molecular weight is 436 g/mol. The number of halogens is 2. The van der Waals surface area contributed by atoms with E-state index in [2.05, 4.69) is 27.2 Å². The molecule has 3 rings (SSSR count). The fraction of sp³-hybridized carbons (Fsp3) is 0.476. The van der Waals surface area contributed by atoms with Gasteiger partial charge in [0.15, 0.2) is 0 Å². The Hall–Kier alpha value is -1.89. The van der Waals surface area contributed by atoms with Gasteiger partial charge in [-0.3, -0.25) is 4.98 Å². The summed E-state index contributed by atoms with van der Waals surface area (Å²) < 4.78 is 0. The lowest BCUT2D eigenvalue weighted by atomic mass is 10.0. The summed E-state index contributed by atoms with van der Waals surface area (Å²) in [5, 5.41) is 3.87. The van der Waals surface area contributed by atoms with E-state index in [1.165, 1.54) is 0 Å². The standard InChI is InChI=1S/C21H27Cl2N5O/c1-13-11-24-12-18(25-13)17-6-5-16(19(22)20(17)23)14(2)26-21(29)28(4)15-7-9-27(3)10-8-15/h5-6,11-12,14-15H,7-10H2,1-4H3,(H,26,29)/t14-/m0/s1. The first-order valence-corrected chi connectivity index (χ1v) is 10.5. The molecule has 0 spiro atoms. The summed E-state index contributed by atoms with van der Waals surface area (Å²) >= 11 is 13.1. The van der Waals surface area contributed by atoms with E-state index in [4.69, 9.17) is 23.2 Å². The number of rotatable bonds is 4. The normalized spacial score (nSPS) is 16.5. The van der Waals surface area contributed by atoms with Crippen molar-refractivity contribution in [3.05, 3.63) is 45.8 Å². The lowest BCUT2D eigenvalue weighted by Gasteiger charge is -2.35. The molecule has 29 heavy (non-hydrogen) atoms. The molecule has 8 heteroatoms. The Morgan fingerprint density at radius 2 is 1.93 bits per heavy atom. The predicted octanol–water partition coefficient (Wildman–Crippen LogP) is 4.56. The number of carbonyl (C=O) groups excluding carboxylic acids is 1. The molecule has 2 aromatic rings. The van der Waals surface area contributed by atoms with Crippen LogP contribution in [-0.2, 0) is 0 Å². The number of nitrogens with one attached hydrogen (secondary N) is 1. The van der Waals surface area contributed by atoms with Crippen LogP contribution in [0.2, 0.25) is 10.0 Å². The second kappa shape index (κ2) is 9.28. The van der Waals surface area contributed by atoms with E-state index in [1.54, 1.807) is 17.3 Å². The fourth-order valence-corrected chi connectivity index (χ4v) is 4.20. The minimum Gasteiger partial charge on any atom is -0.331 e. The first kappa shape index (κ1) is 21.8. The molecule has 1 aromatic heterocycles. The van der Waals surface area contributed by atoms with Gasteiger partial charge in [0, 0.05) is 24.8 Å². The van der Waals surface area contributed by atoms with Gasteiger partial charge in [-0.05, 0) is 52.4 Å². The van der Waals surface area contributed by atoms with E-state index in [0.29, 0.717) is 15.7 Å². The smallest absolute Gasteiger partial charge is 0.317 e. The number of amides is 2. The Bertz CT molecular complexity index is 883. The summed E-state index contributed by atoms with van der Waals surface area (Å²) in [5.74, 6) is 0. The molecule has 1 atom stereocenters.